The number of benzene rings is 1. The lowest BCUT2D eigenvalue weighted by atomic mass is 10.1. The summed E-state index contributed by atoms with van der Waals surface area (Å²) in [6.07, 6.45) is 2.68. The zero-order valence-electron chi connectivity index (χ0n) is 16.1. The van der Waals surface area contributed by atoms with Gasteiger partial charge in [-0.1, -0.05) is 31.2 Å². The molecule has 3 rings (SSSR count). The molecule has 0 unspecified atom stereocenters. The Kier molecular flexibility index (Phi) is 6.61. The SMILES string of the molecule is CCc1ccc(CCC(=O)N2CCN(C(=O)Cc3csc(C)n3)CC2)cc1. The molecule has 1 saturated heterocycles. The van der Waals surface area contributed by atoms with Crippen LogP contribution in [-0.2, 0) is 28.9 Å². The van der Waals surface area contributed by atoms with Crippen molar-refractivity contribution in [2.24, 2.45) is 0 Å². The van der Waals surface area contributed by atoms with Crippen LogP contribution in [0.15, 0.2) is 29.6 Å². The van der Waals surface area contributed by atoms with E-state index in [-0.39, 0.29) is 11.8 Å². The number of thiazole rings is 1. The van der Waals surface area contributed by atoms with Crippen molar-refractivity contribution >= 4 is 23.2 Å². The van der Waals surface area contributed by atoms with Gasteiger partial charge < -0.3 is 9.80 Å². The van der Waals surface area contributed by atoms with Gasteiger partial charge in [0.15, 0.2) is 0 Å². The van der Waals surface area contributed by atoms with E-state index in [1.165, 1.54) is 11.1 Å². The Bertz CT molecular complexity index is 777. The van der Waals surface area contributed by atoms with E-state index < -0.39 is 0 Å². The third-order valence-corrected chi connectivity index (χ3v) is 5.87. The number of piperazine rings is 1. The molecule has 5 nitrogen and oxygen atoms in total. The van der Waals surface area contributed by atoms with Gasteiger partial charge in [0, 0.05) is 38.0 Å². The van der Waals surface area contributed by atoms with Crippen LogP contribution in [0.1, 0.15) is 35.2 Å². The molecule has 2 amide bonds. The molecule has 2 aromatic rings. The van der Waals surface area contributed by atoms with Gasteiger partial charge in [-0.2, -0.15) is 0 Å². The van der Waals surface area contributed by atoms with Gasteiger partial charge in [0.2, 0.25) is 11.8 Å². The number of aryl methyl sites for hydroxylation is 3. The summed E-state index contributed by atoms with van der Waals surface area (Å²) in [7, 11) is 0. The molecule has 144 valence electrons. The van der Waals surface area contributed by atoms with Crippen molar-refractivity contribution in [1.82, 2.24) is 14.8 Å². The van der Waals surface area contributed by atoms with Gasteiger partial charge in [0.25, 0.3) is 0 Å². The molecule has 0 N–H and O–H groups in total. The Labute approximate surface area is 165 Å². The van der Waals surface area contributed by atoms with Gasteiger partial charge in [-0.3, -0.25) is 9.59 Å². The fourth-order valence-electron chi connectivity index (χ4n) is 3.31. The number of hydrogen-bond acceptors (Lipinski definition) is 4. The highest BCUT2D eigenvalue weighted by molar-refractivity contribution is 7.09. The molecule has 1 aromatic heterocycles. The zero-order valence-corrected chi connectivity index (χ0v) is 16.9. The van der Waals surface area contributed by atoms with Crippen molar-refractivity contribution in [2.45, 2.75) is 39.5 Å². The van der Waals surface area contributed by atoms with Crippen LogP contribution in [0.25, 0.3) is 0 Å². The molecule has 1 aromatic carbocycles. The molecule has 1 fully saturated rings. The predicted molar refractivity (Wildman–Crippen MR) is 108 cm³/mol. The average molecular weight is 386 g/mol. The van der Waals surface area contributed by atoms with Crippen LogP contribution in [0.2, 0.25) is 0 Å². The van der Waals surface area contributed by atoms with Crippen molar-refractivity contribution in [1.29, 1.82) is 0 Å². The van der Waals surface area contributed by atoms with Gasteiger partial charge in [-0.25, -0.2) is 4.98 Å². The minimum absolute atomic E-state index is 0.100. The first-order chi connectivity index (χ1) is 13.0. The lowest BCUT2D eigenvalue weighted by Crippen LogP contribution is -2.51. The van der Waals surface area contributed by atoms with E-state index in [1.807, 2.05) is 22.1 Å². The maximum Gasteiger partial charge on any atom is 0.228 e. The average Bonchev–Trinajstić information content (AvgIpc) is 3.11. The second kappa shape index (κ2) is 9.13. The first kappa shape index (κ1) is 19.5. The minimum Gasteiger partial charge on any atom is -0.339 e. The summed E-state index contributed by atoms with van der Waals surface area (Å²) in [4.78, 5) is 33.0. The van der Waals surface area contributed by atoms with Crippen LogP contribution < -0.4 is 0 Å². The summed E-state index contributed by atoms with van der Waals surface area (Å²) >= 11 is 1.57. The molecular weight excluding hydrogens is 358 g/mol. The lowest BCUT2D eigenvalue weighted by Gasteiger charge is -2.34. The number of amides is 2. The number of carbonyl (C=O) groups is 2. The van der Waals surface area contributed by atoms with Crippen molar-refractivity contribution in [2.75, 3.05) is 26.2 Å². The van der Waals surface area contributed by atoms with Crippen LogP contribution in [0.4, 0.5) is 0 Å². The predicted octanol–water partition coefficient (Wildman–Crippen LogP) is 2.86. The van der Waals surface area contributed by atoms with E-state index in [2.05, 4.69) is 36.2 Å². The van der Waals surface area contributed by atoms with Crippen LogP contribution in [0, 0.1) is 6.92 Å². The highest BCUT2D eigenvalue weighted by Crippen LogP contribution is 2.13. The Balaban J connectivity index is 1.42. The van der Waals surface area contributed by atoms with Gasteiger partial charge >= 0.3 is 0 Å². The Hall–Kier alpha value is -2.21. The maximum absolute atomic E-state index is 12.5. The molecular formula is C21H27N3O2S. The zero-order chi connectivity index (χ0) is 19.2. The second-order valence-electron chi connectivity index (χ2n) is 6.97. The van der Waals surface area contributed by atoms with Crippen LogP contribution in [0.3, 0.4) is 0 Å². The fraction of sp³-hybridized carbons (Fsp3) is 0.476. The molecule has 2 heterocycles. The summed E-state index contributed by atoms with van der Waals surface area (Å²) in [6.45, 7) is 6.55. The Morgan fingerprint density at radius 2 is 1.59 bits per heavy atom. The topological polar surface area (TPSA) is 53.5 Å². The van der Waals surface area contributed by atoms with E-state index >= 15 is 0 Å². The molecule has 0 aliphatic carbocycles. The highest BCUT2D eigenvalue weighted by Gasteiger charge is 2.24. The molecule has 27 heavy (non-hydrogen) atoms. The van der Waals surface area contributed by atoms with Crippen LogP contribution in [0.5, 0.6) is 0 Å². The Morgan fingerprint density at radius 1 is 1.00 bits per heavy atom. The van der Waals surface area contributed by atoms with Crippen molar-refractivity contribution in [3.05, 3.63) is 51.5 Å². The van der Waals surface area contributed by atoms with Gasteiger partial charge in [-0.15, -0.1) is 11.3 Å². The number of rotatable bonds is 6. The van der Waals surface area contributed by atoms with E-state index in [9.17, 15) is 9.59 Å². The summed E-state index contributed by atoms with van der Waals surface area (Å²) in [5, 5.41) is 2.93. The number of nitrogens with zero attached hydrogens (tertiary/aromatic N) is 3. The van der Waals surface area contributed by atoms with Crippen molar-refractivity contribution in [3.63, 3.8) is 0 Å². The molecule has 6 heteroatoms. The largest absolute Gasteiger partial charge is 0.339 e. The van der Waals surface area contributed by atoms with Crippen molar-refractivity contribution < 1.29 is 9.59 Å². The first-order valence-corrected chi connectivity index (χ1v) is 10.5. The number of aromatic nitrogens is 1. The quantitative estimate of drug-likeness (QED) is 0.768. The first-order valence-electron chi connectivity index (χ1n) is 9.59. The molecule has 1 aliphatic heterocycles. The summed E-state index contributed by atoms with van der Waals surface area (Å²) in [5.74, 6) is 0.278. The summed E-state index contributed by atoms with van der Waals surface area (Å²) in [6, 6.07) is 8.49. The maximum atomic E-state index is 12.5. The van der Waals surface area contributed by atoms with Crippen LogP contribution >= 0.6 is 11.3 Å². The third kappa shape index (κ3) is 5.39. The van der Waals surface area contributed by atoms with Crippen molar-refractivity contribution in [3.8, 4) is 0 Å². The summed E-state index contributed by atoms with van der Waals surface area (Å²) < 4.78 is 0. The third-order valence-electron chi connectivity index (χ3n) is 5.04. The van der Waals surface area contributed by atoms with E-state index in [1.54, 1.807) is 11.3 Å². The standard InChI is InChI=1S/C21H27N3O2S/c1-3-17-4-6-18(7-5-17)8-9-20(25)23-10-12-24(13-11-23)21(26)14-19-15-27-16(2)22-19/h4-7,15H,3,8-14H2,1-2H3. The second-order valence-corrected chi connectivity index (χ2v) is 8.03. The summed E-state index contributed by atoms with van der Waals surface area (Å²) in [5.41, 5.74) is 3.36. The van der Waals surface area contributed by atoms with Crippen LogP contribution in [-0.4, -0.2) is 52.8 Å². The number of hydrogen-bond donors (Lipinski definition) is 0. The molecule has 0 saturated carbocycles. The van der Waals surface area contributed by atoms with Gasteiger partial charge in [0.1, 0.15) is 0 Å². The molecule has 0 radical (unpaired) electrons. The van der Waals surface area contributed by atoms with E-state index in [0.29, 0.717) is 39.0 Å². The van der Waals surface area contributed by atoms with Gasteiger partial charge in [0.05, 0.1) is 17.1 Å². The lowest BCUT2D eigenvalue weighted by molar-refractivity contribution is -0.139. The number of carbonyl (C=O) groups excluding carboxylic acids is 2. The molecule has 0 bridgehead atoms. The normalized spacial score (nSPS) is 14.4. The Morgan fingerprint density at radius 3 is 2.15 bits per heavy atom. The fourth-order valence-corrected chi connectivity index (χ4v) is 3.93. The van der Waals surface area contributed by atoms with E-state index in [0.717, 1.165) is 23.5 Å². The molecule has 1 aliphatic rings. The highest BCUT2D eigenvalue weighted by atomic mass is 32.1. The monoisotopic (exact) mass is 385 g/mol. The molecule has 0 spiro atoms. The van der Waals surface area contributed by atoms with Gasteiger partial charge in [-0.05, 0) is 30.9 Å². The smallest absolute Gasteiger partial charge is 0.228 e. The molecule has 0 atom stereocenters. The minimum atomic E-state index is 0.100. The van der Waals surface area contributed by atoms with E-state index in [4.69, 9.17) is 0 Å².